The molecule has 1 unspecified atom stereocenters. The van der Waals surface area contributed by atoms with Crippen molar-refractivity contribution in [2.45, 2.75) is 44.8 Å². The lowest BCUT2D eigenvalue weighted by molar-refractivity contribution is 0.193. The first-order valence-corrected chi connectivity index (χ1v) is 7.24. The number of anilines is 1. The largest absolute Gasteiger partial charge is 0.379 e. The zero-order valence-corrected chi connectivity index (χ0v) is 11.9. The van der Waals surface area contributed by atoms with Crippen LogP contribution in [0.25, 0.3) is 0 Å². The smallest absolute Gasteiger partial charge is 0.129 e. The minimum atomic E-state index is 0.471. The van der Waals surface area contributed by atoms with Crippen molar-refractivity contribution in [3.05, 3.63) is 23.4 Å². The van der Waals surface area contributed by atoms with Gasteiger partial charge in [-0.05, 0) is 43.9 Å². The summed E-state index contributed by atoms with van der Waals surface area (Å²) in [5.41, 5.74) is 2.43. The van der Waals surface area contributed by atoms with Gasteiger partial charge in [-0.15, -0.1) is 0 Å². The van der Waals surface area contributed by atoms with Gasteiger partial charge >= 0.3 is 0 Å². The lowest BCUT2D eigenvalue weighted by atomic mass is 10.2. The van der Waals surface area contributed by atoms with E-state index in [1.54, 1.807) is 0 Å². The average Bonchev–Trinajstić information content (AvgIpc) is 3.07. The number of aromatic nitrogens is 1. The fourth-order valence-electron chi connectivity index (χ4n) is 2.57. The van der Waals surface area contributed by atoms with Crippen molar-refractivity contribution >= 4 is 5.82 Å². The zero-order valence-electron chi connectivity index (χ0n) is 11.9. The molecule has 0 amide bonds. The van der Waals surface area contributed by atoms with Crippen LogP contribution in [0.2, 0.25) is 0 Å². The number of rotatable bonds is 5. The number of nitrogens with zero attached hydrogens (tertiary/aromatic N) is 2. The molecule has 1 aromatic rings. The molecule has 2 aliphatic rings. The van der Waals surface area contributed by atoms with E-state index in [-0.39, 0.29) is 0 Å². The monoisotopic (exact) mass is 261 g/mol. The highest BCUT2D eigenvalue weighted by Gasteiger charge is 2.22. The van der Waals surface area contributed by atoms with Gasteiger partial charge in [-0.2, -0.15) is 0 Å². The molecule has 1 saturated heterocycles. The van der Waals surface area contributed by atoms with E-state index in [1.807, 2.05) is 0 Å². The molecular weight excluding hydrogens is 238 g/mol. The van der Waals surface area contributed by atoms with Gasteiger partial charge in [0, 0.05) is 31.9 Å². The first-order valence-electron chi connectivity index (χ1n) is 7.24. The van der Waals surface area contributed by atoms with E-state index in [1.165, 1.54) is 18.4 Å². The van der Waals surface area contributed by atoms with Crippen LogP contribution in [-0.2, 0) is 11.3 Å². The Balaban J connectivity index is 1.71. The molecule has 0 spiro atoms. The Hall–Kier alpha value is -1.13. The zero-order chi connectivity index (χ0) is 13.2. The maximum atomic E-state index is 5.47. The molecule has 104 valence electrons. The Labute approximate surface area is 115 Å². The number of likely N-dealkylation sites (N-methyl/N-ethyl adjacent to an activating group) is 1. The summed E-state index contributed by atoms with van der Waals surface area (Å²) in [6, 6.07) is 5.61. The van der Waals surface area contributed by atoms with Gasteiger partial charge < -0.3 is 15.0 Å². The van der Waals surface area contributed by atoms with Gasteiger partial charge in [0.1, 0.15) is 5.82 Å². The van der Waals surface area contributed by atoms with E-state index in [9.17, 15) is 0 Å². The summed E-state index contributed by atoms with van der Waals surface area (Å²) < 4.78 is 5.47. The fraction of sp³-hybridized carbons (Fsp3) is 0.667. The van der Waals surface area contributed by atoms with Crippen LogP contribution in [-0.4, -0.2) is 37.3 Å². The molecule has 1 saturated carbocycles. The van der Waals surface area contributed by atoms with E-state index in [2.05, 4.69) is 41.3 Å². The van der Waals surface area contributed by atoms with E-state index in [4.69, 9.17) is 4.74 Å². The quantitative estimate of drug-likeness (QED) is 0.878. The summed E-state index contributed by atoms with van der Waals surface area (Å²) in [4.78, 5) is 6.93. The highest BCUT2D eigenvalue weighted by Crippen LogP contribution is 2.22. The molecular formula is C15H23N3O. The van der Waals surface area contributed by atoms with Gasteiger partial charge in [-0.3, -0.25) is 0 Å². The van der Waals surface area contributed by atoms with E-state index < -0.39 is 0 Å². The number of ether oxygens (including phenoxy) is 1. The number of pyridine rings is 1. The van der Waals surface area contributed by atoms with Crippen LogP contribution < -0.4 is 10.2 Å². The molecule has 4 heteroatoms. The van der Waals surface area contributed by atoms with Gasteiger partial charge in [0.25, 0.3) is 0 Å². The predicted octanol–water partition coefficient (Wildman–Crippen LogP) is 1.87. The molecule has 3 rings (SSSR count). The summed E-state index contributed by atoms with van der Waals surface area (Å²) in [6.07, 6.45) is 3.76. The third-order valence-electron chi connectivity index (χ3n) is 3.99. The van der Waals surface area contributed by atoms with Gasteiger partial charge in [-0.1, -0.05) is 0 Å². The lowest BCUT2D eigenvalue weighted by Crippen LogP contribution is -2.32. The molecule has 1 atom stereocenters. The topological polar surface area (TPSA) is 37.4 Å². The Morgan fingerprint density at radius 1 is 1.37 bits per heavy atom. The number of nitrogens with one attached hydrogen (secondary N) is 1. The number of hydrogen-bond donors (Lipinski definition) is 1. The average molecular weight is 261 g/mol. The number of hydrogen-bond acceptors (Lipinski definition) is 4. The van der Waals surface area contributed by atoms with Crippen molar-refractivity contribution in [3.8, 4) is 0 Å². The third kappa shape index (κ3) is 3.25. The van der Waals surface area contributed by atoms with Crippen molar-refractivity contribution in [2.75, 3.05) is 25.2 Å². The molecule has 1 aliphatic heterocycles. The molecule has 4 nitrogen and oxygen atoms in total. The molecule has 2 heterocycles. The minimum absolute atomic E-state index is 0.471. The van der Waals surface area contributed by atoms with Crippen molar-refractivity contribution in [2.24, 2.45) is 0 Å². The molecule has 1 aromatic heterocycles. The van der Waals surface area contributed by atoms with E-state index in [0.29, 0.717) is 6.04 Å². The highest BCUT2D eigenvalue weighted by molar-refractivity contribution is 5.43. The van der Waals surface area contributed by atoms with Gasteiger partial charge in [-0.25, -0.2) is 4.98 Å². The highest BCUT2D eigenvalue weighted by atomic mass is 16.5. The fourth-order valence-corrected chi connectivity index (χ4v) is 2.57. The molecule has 0 aromatic carbocycles. The summed E-state index contributed by atoms with van der Waals surface area (Å²) in [6.45, 7) is 4.72. The second kappa shape index (κ2) is 5.47. The van der Waals surface area contributed by atoms with Gasteiger partial charge in [0.05, 0.1) is 12.6 Å². The predicted molar refractivity (Wildman–Crippen MR) is 76.5 cm³/mol. The number of aryl methyl sites for hydroxylation is 1. The van der Waals surface area contributed by atoms with Crippen LogP contribution in [0, 0.1) is 6.92 Å². The molecule has 0 radical (unpaired) electrons. The van der Waals surface area contributed by atoms with Crippen molar-refractivity contribution in [1.82, 2.24) is 10.3 Å². The molecule has 1 N–H and O–H groups in total. The summed E-state index contributed by atoms with van der Waals surface area (Å²) in [7, 11) is 2.12. The lowest BCUT2D eigenvalue weighted by Gasteiger charge is -2.25. The third-order valence-corrected chi connectivity index (χ3v) is 3.99. The molecule has 1 aliphatic carbocycles. The summed E-state index contributed by atoms with van der Waals surface area (Å²) >= 11 is 0. The van der Waals surface area contributed by atoms with E-state index in [0.717, 1.165) is 43.7 Å². The SMILES string of the molecule is Cc1cc(CNC2CC2)cc(N(C)C2CCOC2)n1. The van der Waals surface area contributed by atoms with Crippen LogP contribution in [0.15, 0.2) is 12.1 Å². The molecule has 2 fully saturated rings. The van der Waals surface area contributed by atoms with Gasteiger partial charge in [0.15, 0.2) is 0 Å². The van der Waals surface area contributed by atoms with Gasteiger partial charge in [0.2, 0.25) is 0 Å². The van der Waals surface area contributed by atoms with Crippen molar-refractivity contribution in [1.29, 1.82) is 0 Å². The molecule has 19 heavy (non-hydrogen) atoms. The first-order chi connectivity index (χ1) is 9.22. The Bertz CT molecular complexity index is 439. The normalized spacial score (nSPS) is 22.7. The first kappa shape index (κ1) is 12.9. The maximum Gasteiger partial charge on any atom is 0.129 e. The Morgan fingerprint density at radius 3 is 2.89 bits per heavy atom. The maximum absolute atomic E-state index is 5.47. The summed E-state index contributed by atoms with van der Waals surface area (Å²) in [5.74, 6) is 1.07. The minimum Gasteiger partial charge on any atom is -0.379 e. The summed E-state index contributed by atoms with van der Waals surface area (Å²) in [5, 5.41) is 3.56. The Kier molecular flexibility index (Phi) is 3.71. The second-order valence-electron chi connectivity index (χ2n) is 5.76. The van der Waals surface area contributed by atoms with Crippen LogP contribution in [0.1, 0.15) is 30.5 Å². The van der Waals surface area contributed by atoms with Crippen molar-refractivity contribution < 1.29 is 4.74 Å². The standard InChI is InChI=1S/C15H23N3O/c1-11-7-12(9-16-13-3-4-13)8-15(17-11)18(2)14-5-6-19-10-14/h7-8,13-14,16H,3-6,9-10H2,1-2H3. The van der Waals surface area contributed by atoms with E-state index >= 15 is 0 Å². The second-order valence-corrected chi connectivity index (χ2v) is 5.76. The molecule has 0 bridgehead atoms. The Morgan fingerprint density at radius 2 is 2.21 bits per heavy atom. The van der Waals surface area contributed by atoms with Crippen LogP contribution >= 0.6 is 0 Å². The van der Waals surface area contributed by atoms with Crippen LogP contribution in [0.4, 0.5) is 5.82 Å². The van der Waals surface area contributed by atoms with Crippen molar-refractivity contribution in [3.63, 3.8) is 0 Å². The van der Waals surface area contributed by atoms with Crippen LogP contribution in [0.3, 0.4) is 0 Å². The van der Waals surface area contributed by atoms with Crippen LogP contribution in [0.5, 0.6) is 0 Å².